The average molecular weight is 549 g/mol. The molecule has 1 aromatic heterocycles. The number of hydrogen-bond donors (Lipinski definition) is 0. The van der Waals surface area contributed by atoms with Crippen LogP contribution in [0.1, 0.15) is 16.7 Å². The van der Waals surface area contributed by atoms with Crippen LogP contribution in [0.4, 0.5) is 39.5 Å². The van der Waals surface area contributed by atoms with Crippen LogP contribution in [0, 0.1) is 3.57 Å². The van der Waals surface area contributed by atoms with Gasteiger partial charge in [-0.25, -0.2) is 0 Å². The molecular formula is C15H3ClF9IS. The van der Waals surface area contributed by atoms with Gasteiger partial charge in [0.05, 0.1) is 21.7 Å². The maximum atomic E-state index is 13.4. The number of fused-ring (bicyclic) bond motifs is 3. The summed E-state index contributed by atoms with van der Waals surface area (Å²) >= 11 is 7.21. The predicted molar refractivity (Wildman–Crippen MR) is 92.1 cm³/mol. The Morgan fingerprint density at radius 1 is 0.741 bits per heavy atom. The highest BCUT2D eigenvalue weighted by atomic mass is 127. The molecule has 0 N–H and O–H groups in total. The monoisotopic (exact) mass is 548 g/mol. The minimum atomic E-state index is -5.22. The molecule has 0 saturated carbocycles. The van der Waals surface area contributed by atoms with Gasteiger partial charge < -0.3 is 0 Å². The van der Waals surface area contributed by atoms with Gasteiger partial charge in [-0.3, -0.25) is 0 Å². The van der Waals surface area contributed by atoms with Crippen LogP contribution in [-0.2, 0) is 18.5 Å². The van der Waals surface area contributed by atoms with Crippen molar-refractivity contribution in [2.45, 2.75) is 18.5 Å². The fourth-order valence-electron chi connectivity index (χ4n) is 2.58. The topological polar surface area (TPSA) is 0 Å². The highest BCUT2D eigenvalue weighted by molar-refractivity contribution is 14.1. The molecule has 2 aromatic carbocycles. The van der Waals surface area contributed by atoms with Crippen LogP contribution in [0.3, 0.4) is 0 Å². The maximum Gasteiger partial charge on any atom is 0.419 e. The van der Waals surface area contributed by atoms with E-state index >= 15 is 0 Å². The van der Waals surface area contributed by atoms with Crippen LogP contribution < -0.4 is 0 Å². The zero-order valence-electron chi connectivity index (χ0n) is 12.3. The quantitative estimate of drug-likeness (QED) is 0.196. The first kappa shape index (κ1) is 20.8. The van der Waals surface area contributed by atoms with Gasteiger partial charge in [0.25, 0.3) is 0 Å². The fourth-order valence-corrected chi connectivity index (χ4v) is 5.26. The molecule has 0 unspecified atom stereocenters. The van der Waals surface area contributed by atoms with Crippen LogP contribution in [0.25, 0.3) is 20.2 Å². The van der Waals surface area contributed by atoms with Gasteiger partial charge in [-0.1, -0.05) is 11.6 Å². The van der Waals surface area contributed by atoms with Gasteiger partial charge in [-0.15, -0.1) is 11.3 Å². The highest BCUT2D eigenvalue weighted by Gasteiger charge is 2.43. The molecule has 12 heteroatoms. The largest absolute Gasteiger partial charge is 0.419 e. The first-order valence-electron chi connectivity index (χ1n) is 6.72. The second-order valence-corrected chi connectivity index (χ2v) is 8.01. The van der Waals surface area contributed by atoms with Gasteiger partial charge >= 0.3 is 18.5 Å². The molecule has 0 spiro atoms. The van der Waals surface area contributed by atoms with Gasteiger partial charge in [0.1, 0.15) is 0 Å². The highest BCUT2D eigenvalue weighted by Crippen LogP contribution is 2.50. The summed E-state index contributed by atoms with van der Waals surface area (Å²) in [5, 5.41) is -2.46. The van der Waals surface area contributed by atoms with Crippen molar-refractivity contribution in [1.29, 1.82) is 0 Å². The van der Waals surface area contributed by atoms with Gasteiger partial charge in [-0.05, 0) is 40.8 Å². The number of halogens is 11. The molecular weight excluding hydrogens is 546 g/mol. The minimum Gasteiger partial charge on any atom is -0.166 e. The van der Waals surface area contributed by atoms with Gasteiger partial charge in [0, 0.05) is 23.7 Å². The molecule has 3 rings (SSSR count). The summed E-state index contributed by atoms with van der Waals surface area (Å²) in [5.74, 6) is 0. The lowest BCUT2D eigenvalue weighted by Crippen LogP contribution is -2.12. The molecule has 0 nitrogen and oxygen atoms in total. The lowest BCUT2D eigenvalue weighted by Gasteiger charge is -2.16. The summed E-state index contributed by atoms with van der Waals surface area (Å²) in [6.45, 7) is 0. The van der Waals surface area contributed by atoms with Crippen LogP contribution >= 0.6 is 45.5 Å². The van der Waals surface area contributed by atoms with E-state index in [1.807, 2.05) is 0 Å². The van der Waals surface area contributed by atoms with E-state index in [1.54, 1.807) is 0 Å². The first-order chi connectivity index (χ1) is 12.1. The minimum absolute atomic E-state index is 0.0108. The summed E-state index contributed by atoms with van der Waals surface area (Å²) in [6.07, 6.45) is -15.3. The lowest BCUT2D eigenvalue weighted by atomic mass is 10.0. The van der Waals surface area contributed by atoms with E-state index in [4.69, 9.17) is 11.6 Å². The van der Waals surface area contributed by atoms with Crippen molar-refractivity contribution in [3.63, 3.8) is 0 Å². The summed E-state index contributed by atoms with van der Waals surface area (Å²) in [7, 11) is 0. The normalized spacial score (nSPS) is 13.7. The van der Waals surface area contributed by atoms with Crippen molar-refractivity contribution in [2.75, 3.05) is 0 Å². The molecule has 0 fully saturated rings. The standard InChI is InChI=1S/C15H3ClF9IS/c16-11-7(14(20,21)22)2-5-4-1-6(13(17,18)19)8(26)3-9(4)27-12(5)10(11)15(23,24)25/h1-3H. The van der Waals surface area contributed by atoms with Crippen LogP contribution in [0.5, 0.6) is 0 Å². The van der Waals surface area contributed by atoms with Crippen molar-refractivity contribution < 1.29 is 39.5 Å². The second-order valence-electron chi connectivity index (χ2n) is 5.41. The molecule has 1 heterocycles. The third kappa shape index (κ3) is 3.57. The molecule has 0 radical (unpaired) electrons. The third-order valence-electron chi connectivity index (χ3n) is 3.68. The Hall–Kier alpha value is -0.950. The Kier molecular flexibility index (Phi) is 4.83. The third-order valence-corrected chi connectivity index (χ3v) is 6.15. The van der Waals surface area contributed by atoms with Gasteiger partial charge in [0.15, 0.2) is 0 Å². The molecule has 0 saturated heterocycles. The van der Waals surface area contributed by atoms with E-state index in [0.29, 0.717) is 23.5 Å². The molecule has 3 aromatic rings. The molecule has 146 valence electrons. The van der Waals surface area contributed by atoms with E-state index in [1.165, 1.54) is 22.6 Å². The van der Waals surface area contributed by atoms with E-state index in [2.05, 4.69) is 0 Å². The van der Waals surface area contributed by atoms with E-state index in [0.717, 1.165) is 6.07 Å². The SMILES string of the molecule is FC(F)(F)c1cc2c(cc1I)sc1c(C(F)(F)F)c(Cl)c(C(F)(F)F)cc12. The Balaban J connectivity index is 2.55. The molecule has 0 bridgehead atoms. The van der Waals surface area contributed by atoms with Crippen LogP contribution in [-0.4, -0.2) is 0 Å². The molecule has 0 aliphatic rings. The summed E-state index contributed by atoms with van der Waals surface area (Å²) < 4.78 is 118. The van der Waals surface area contributed by atoms with E-state index in [9.17, 15) is 39.5 Å². The zero-order valence-corrected chi connectivity index (χ0v) is 16.0. The van der Waals surface area contributed by atoms with Crippen LogP contribution in [0.15, 0.2) is 18.2 Å². The Bertz CT molecular complexity index is 1060. The molecule has 0 atom stereocenters. The van der Waals surface area contributed by atoms with Gasteiger partial charge in [0.2, 0.25) is 0 Å². The van der Waals surface area contributed by atoms with Gasteiger partial charge in [-0.2, -0.15) is 39.5 Å². The number of hydrogen-bond acceptors (Lipinski definition) is 1. The summed E-state index contributed by atoms with van der Waals surface area (Å²) in [5.41, 5.74) is -4.61. The van der Waals surface area contributed by atoms with Crippen LogP contribution in [0.2, 0.25) is 5.02 Å². The van der Waals surface area contributed by atoms with E-state index < -0.39 is 50.3 Å². The number of benzene rings is 2. The molecule has 0 aliphatic heterocycles. The van der Waals surface area contributed by atoms with Crippen molar-refractivity contribution in [3.05, 3.63) is 43.5 Å². The Labute approximate surface area is 167 Å². The van der Waals surface area contributed by atoms with Crippen molar-refractivity contribution >= 4 is 65.7 Å². The fraction of sp³-hybridized carbons (Fsp3) is 0.200. The smallest absolute Gasteiger partial charge is 0.166 e. The molecule has 0 aliphatic carbocycles. The Morgan fingerprint density at radius 3 is 1.74 bits per heavy atom. The number of thiophene rings is 1. The maximum absolute atomic E-state index is 13.4. The van der Waals surface area contributed by atoms with Crippen molar-refractivity contribution in [2.24, 2.45) is 0 Å². The zero-order chi connectivity index (χ0) is 20.5. The predicted octanol–water partition coefficient (Wildman–Crippen LogP) is 8.37. The summed E-state index contributed by atoms with van der Waals surface area (Å²) in [4.78, 5) is 0. The molecule has 0 amide bonds. The lowest BCUT2D eigenvalue weighted by molar-refractivity contribution is -0.142. The number of alkyl halides is 9. The second kappa shape index (κ2) is 6.28. The Morgan fingerprint density at radius 2 is 1.26 bits per heavy atom. The van der Waals surface area contributed by atoms with Crippen molar-refractivity contribution in [1.82, 2.24) is 0 Å². The molecule has 27 heavy (non-hydrogen) atoms. The van der Waals surface area contributed by atoms with E-state index in [-0.39, 0.29) is 13.7 Å². The first-order valence-corrected chi connectivity index (χ1v) is 8.99. The average Bonchev–Trinajstić information content (AvgIpc) is 2.78. The van der Waals surface area contributed by atoms with Crippen molar-refractivity contribution in [3.8, 4) is 0 Å². The summed E-state index contributed by atoms with van der Waals surface area (Å²) in [6, 6.07) is 1.91. The number of rotatable bonds is 0.